The minimum atomic E-state index is -0.175. The van der Waals surface area contributed by atoms with Crippen molar-refractivity contribution in [1.82, 2.24) is 0 Å². The molecule has 0 amide bonds. The molecular formula is C13H21ClN2O. The van der Waals surface area contributed by atoms with Crippen LogP contribution in [0.15, 0.2) is 6.07 Å². The Labute approximate surface area is 108 Å². The van der Waals surface area contributed by atoms with E-state index in [4.69, 9.17) is 27.8 Å². The maximum atomic E-state index is 6.22. The van der Waals surface area contributed by atoms with E-state index in [1.165, 1.54) is 0 Å². The molecule has 0 aliphatic carbocycles. The average Bonchev–Trinajstić information content (AvgIpc) is 2.32. The van der Waals surface area contributed by atoms with Crippen LogP contribution in [0.4, 0.5) is 0 Å². The third-order valence-electron chi connectivity index (χ3n) is 2.94. The maximum absolute atomic E-state index is 6.22. The highest BCUT2D eigenvalue weighted by atomic mass is 35.5. The lowest BCUT2D eigenvalue weighted by atomic mass is 9.97. The van der Waals surface area contributed by atoms with Crippen molar-refractivity contribution >= 4 is 11.6 Å². The predicted molar refractivity (Wildman–Crippen MR) is 72.7 cm³/mol. The molecule has 1 rings (SSSR count). The van der Waals surface area contributed by atoms with Crippen molar-refractivity contribution < 1.29 is 4.74 Å². The van der Waals surface area contributed by atoms with E-state index in [-0.39, 0.29) is 6.04 Å². The van der Waals surface area contributed by atoms with E-state index in [0.717, 1.165) is 28.9 Å². The number of halogens is 1. The zero-order valence-corrected chi connectivity index (χ0v) is 11.5. The predicted octanol–water partition coefficient (Wildman–Crippen LogP) is 2.70. The molecule has 0 saturated carbocycles. The first-order chi connectivity index (χ1) is 8.02. The number of hydrogen-bond acceptors (Lipinski definition) is 3. The molecule has 4 N–H and O–H groups in total. The summed E-state index contributed by atoms with van der Waals surface area (Å²) in [5, 5.41) is 0.612. The number of nitrogens with two attached hydrogens (primary N) is 2. The Morgan fingerprint density at radius 1 is 1.35 bits per heavy atom. The lowest BCUT2D eigenvalue weighted by Crippen LogP contribution is -2.22. The maximum Gasteiger partial charge on any atom is 0.141 e. The van der Waals surface area contributed by atoms with Crippen LogP contribution in [0, 0.1) is 13.8 Å². The molecule has 1 atom stereocenters. The van der Waals surface area contributed by atoms with Crippen molar-refractivity contribution in [2.75, 3.05) is 13.2 Å². The summed E-state index contributed by atoms with van der Waals surface area (Å²) < 4.78 is 5.66. The van der Waals surface area contributed by atoms with Crippen molar-refractivity contribution in [1.29, 1.82) is 0 Å². The van der Waals surface area contributed by atoms with E-state index in [9.17, 15) is 0 Å². The summed E-state index contributed by atoms with van der Waals surface area (Å²) in [5.41, 5.74) is 14.7. The van der Waals surface area contributed by atoms with Crippen LogP contribution in [-0.4, -0.2) is 13.2 Å². The largest absolute Gasteiger partial charge is 0.492 e. The molecule has 0 aliphatic heterocycles. The van der Waals surface area contributed by atoms with Crippen molar-refractivity contribution in [3.63, 3.8) is 0 Å². The van der Waals surface area contributed by atoms with Gasteiger partial charge in [-0.05, 0) is 43.0 Å². The number of rotatable bonds is 5. The van der Waals surface area contributed by atoms with Crippen molar-refractivity contribution in [3.8, 4) is 5.75 Å². The van der Waals surface area contributed by atoms with Gasteiger partial charge in [-0.2, -0.15) is 0 Å². The fourth-order valence-electron chi connectivity index (χ4n) is 1.77. The van der Waals surface area contributed by atoms with E-state index in [0.29, 0.717) is 18.2 Å². The highest BCUT2D eigenvalue weighted by Gasteiger charge is 2.15. The molecule has 1 aromatic rings. The molecule has 0 bridgehead atoms. The van der Waals surface area contributed by atoms with Crippen molar-refractivity contribution in [3.05, 3.63) is 27.8 Å². The summed E-state index contributed by atoms with van der Waals surface area (Å²) in [6.45, 7) is 7.16. The second-order valence-electron chi connectivity index (χ2n) is 4.22. The van der Waals surface area contributed by atoms with Gasteiger partial charge in [-0.15, -0.1) is 0 Å². The third-order valence-corrected chi connectivity index (χ3v) is 3.22. The van der Waals surface area contributed by atoms with Crippen LogP contribution in [0.25, 0.3) is 0 Å². The van der Waals surface area contributed by atoms with Crippen LogP contribution in [0.3, 0.4) is 0 Å². The smallest absolute Gasteiger partial charge is 0.141 e. The summed E-state index contributed by atoms with van der Waals surface area (Å²) in [5.74, 6) is 0.763. The van der Waals surface area contributed by atoms with Gasteiger partial charge in [0, 0.05) is 12.6 Å². The van der Waals surface area contributed by atoms with Gasteiger partial charge in [0.15, 0.2) is 0 Å². The van der Waals surface area contributed by atoms with Crippen LogP contribution in [0.1, 0.15) is 36.1 Å². The zero-order chi connectivity index (χ0) is 13.0. The second-order valence-corrected chi connectivity index (χ2v) is 4.62. The monoisotopic (exact) mass is 256 g/mol. The molecule has 3 nitrogen and oxygen atoms in total. The summed E-state index contributed by atoms with van der Waals surface area (Å²) >= 11 is 6.22. The quantitative estimate of drug-likeness (QED) is 0.852. The standard InChI is InChI=1S/C13H21ClN2O/c1-4-5-17-13-9(3)8(2)10(6-11(13)14)12(16)7-15/h6,12H,4-5,7,15-16H2,1-3H3. The average molecular weight is 257 g/mol. The van der Waals surface area contributed by atoms with Crippen LogP contribution in [0.2, 0.25) is 5.02 Å². The summed E-state index contributed by atoms with van der Waals surface area (Å²) in [4.78, 5) is 0. The fraction of sp³-hybridized carbons (Fsp3) is 0.538. The highest BCUT2D eigenvalue weighted by Crippen LogP contribution is 2.34. The van der Waals surface area contributed by atoms with Crippen molar-refractivity contribution in [2.45, 2.75) is 33.2 Å². The minimum absolute atomic E-state index is 0.175. The molecule has 96 valence electrons. The molecular weight excluding hydrogens is 236 g/mol. The van der Waals surface area contributed by atoms with Gasteiger partial charge in [0.25, 0.3) is 0 Å². The van der Waals surface area contributed by atoms with Crippen LogP contribution in [0.5, 0.6) is 5.75 Å². The first kappa shape index (κ1) is 14.3. The molecule has 0 spiro atoms. The molecule has 0 aliphatic rings. The first-order valence-corrected chi connectivity index (χ1v) is 6.28. The fourth-order valence-corrected chi connectivity index (χ4v) is 2.08. The Bertz CT molecular complexity index is 393. The molecule has 4 heteroatoms. The molecule has 1 aromatic carbocycles. The third kappa shape index (κ3) is 3.12. The summed E-state index contributed by atoms with van der Waals surface area (Å²) in [6.07, 6.45) is 0.957. The Balaban J connectivity index is 3.17. The molecule has 17 heavy (non-hydrogen) atoms. The van der Waals surface area contributed by atoms with E-state index >= 15 is 0 Å². The first-order valence-electron chi connectivity index (χ1n) is 5.90. The van der Waals surface area contributed by atoms with Gasteiger partial charge < -0.3 is 16.2 Å². The summed E-state index contributed by atoms with van der Waals surface area (Å²) in [7, 11) is 0. The normalized spacial score (nSPS) is 12.6. The van der Waals surface area contributed by atoms with E-state index < -0.39 is 0 Å². The van der Waals surface area contributed by atoms with Gasteiger partial charge in [0.2, 0.25) is 0 Å². The SMILES string of the molecule is CCCOc1c(Cl)cc(C(N)CN)c(C)c1C. The molecule has 0 fully saturated rings. The van der Waals surface area contributed by atoms with E-state index in [1.54, 1.807) is 0 Å². The highest BCUT2D eigenvalue weighted by molar-refractivity contribution is 6.32. The topological polar surface area (TPSA) is 61.3 Å². The van der Waals surface area contributed by atoms with Gasteiger partial charge >= 0.3 is 0 Å². The molecule has 1 unspecified atom stereocenters. The molecule has 0 radical (unpaired) electrons. The Morgan fingerprint density at radius 3 is 2.53 bits per heavy atom. The van der Waals surface area contributed by atoms with Gasteiger partial charge in [-0.25, -0.2) is 0 Å². The van der Waals surface area contributed by atoms with Crippen molar-refractivity contribution in [2.24, 2.45) is 11.5 Å². The van der Waals surface area contributed by atoms with E-state index in [2.05, 4.69) is 6.92 Å². The Morgan fingerprint density at radius 2 is 2.00 bits per heavy atom. The zero-order valence-electron chi connectivity index (χ0n) is 10.7. The van der Waals surface area contributed by atoms with Crippen LogP contribution < -0.4 is 16.2 Å². The molecule has 0 aromatic heterocycles. The van der Waals surface area contributed by atoms with Gasteiger partial charge in [0.1, 0.15) is 5.75 Å². The van der Waals surface area contributed by atoms with E-state index in [1.807, 2.05) is 19.9 Å². The number of ether oxygens (including phenoxy) is 1. The van der Waals surface area contributed by atoms with Crippen LogP contribution in [-0.2, 0) is 0 Å². The number of benzene rings is 1. The van der Waals surface area contributed by atoms with Gasteiger partial charge in [-0.3, -0.25) is 0 Å². The molecule has 0 heterocycles. The Kier molecular flexibility index (Phi) is 5.25. The molecule has 0 saturated heterocycles. The Hall–Kier alpha value is -0.770. The lowest BCUT2D eigenvalue weighted by molar-refractivity contribution is 0.315. The van der Waals surface area contributed by atoms with Gasteiger partial charge in [-0.1, -0.05) is 18.5 Å². The van der Waals surface area contributed by atoms with Gasteiger partial charge in [0.05, 0.1) is 11.6 Å². The number of hydrogen-bond donors (Lipinski definition) is 2. The minimum Gasteiger partial charge on any atom is -0.492 e. The van der Waals surface area contributed by atoms with Crippen LogP contribution >= 0.6 is 11.6 Å². The summed E-state index contributed by atoms with van der Waals surface area (Å²) in [6, 6.07) is 1.69. The second kappa shape index (κ2) is 6.24. The lowest BCUT2D eigenvalue weighted by Gasteiger charge is -2.19.